The molecule has 1 unspecified atom stereocenters. The van der Waals surface area contributed by atoms with Crippen molar-refractivity contribution in [3.8, 4) is 0 Å². The summed E-state index contributed by atoms with van der Waals surface area (Å²) in [6.07, 6.45) is 3.26. The van der Waals surface area contributed by atoms with E-state index in [1.807, 2.05) is 18.4 Å². The highest BCUT2D eigenvalue weighted by Crippen LogP contribution is 2.43. The molecule has 3 amide bonds. The van der Waals surface area contributed by atoms with E-state index in [1.54, 1.807) is 40.6 Å². The van der Waals surface area contributed by atoms with E-state index in [-0.39, 0.29) is 24.3 Å². The first-order chi connectivity index (χ1) is 13.0. The molecule has 1 aromatic heterocycles. The molecule has 1 fully saturated rings. The number of rotatable bonds is 5. The van der Waals surface area contributed by atoms with Gasteiger partial charge in [-0.3, -0.25) is 19.3 Å². The van der Waals surface area contributed by atoms with Crippen LogP contribution in [0, 0.1) is 0 Å². The molecular formula is C19H20N4O3S. The molecule has 0 bridgehead atoms. The zero-order valence-electron chi connectivity index (χ0n) is 15.0. The van der Waals surface area contributed by atoms with Crippen LogP contribution in [0.25, 0.3) is 0 Å². The van der Waals surface area contributed by atoms with Gasteiger partial charge in [0.1, 0.15) is 12.2 Å². The number of thiazole rings is 1. The first-order valence-electron chi connectivity index (χ1n) is 8.90. The molecule has 0 aliphatic carbocycles. The number of aromatic nitrogens is 1. The van der Waals surface area contributed by atoms with E-state index in [1.165, 1.54) is 4.90 Å². The molecule has 0 radical (unpaired) electrons. The summed E-state index contributed by atoms with van der Waals surface area (Å²) in [6, 6.07) is 7.09. The predicted molar refractivity (Wildman–Crippen MR) is 101 cm³/mol. The maximum Gasteiger partial charge on any atom is 0.258 e. The van der Waals surface area contributed by atoms with E-state index < -0.39 is 5.66 Å². The fraction of sp³-hybridized carbons (Fsp3) is 0.368. The third-order valence-corrected chi connectivity index (χ3v) is 6.03. The number of hydrogen-bond acceptors (Lipinski definition) is 5. The molecule has 2 aliphatic heterocycles. The van der Waals surface area contributed by atoms with E-state index in [9.17, 15) is 14.4 Å². The summed E-state index contributed by atoms with van der Waals surface area (Å²) in [7, 11) is 0. The number of hydrogen-bond donors (Lipinski definition) is 1. The number of carbonyl (C=O) groups excluding carboxylic acids is 3. The summed E-state index contributed by atoms with van der Waals surface area (Å²) in [6.45, 7) is 2.24. The van der Waals surface area contributed by atoms with Gasteiger partial charge in [-0.05, 0) is 25.5 Å². The maximum absolute atomic E-state index is 13.1. The molecule has 2 aromatic rings. The fourth-order valence-corrected chi connectivity index (χ4v) is 4.45. The molecule has 3 heterocycles. The smallest absolute Gasteiger partial charge is 0.258 e. The SMILES string of the molecule is CC12CCC(=O)N1c1ccccc1C(=O)N2CC(=O)NCCc1nccs1. The van der Waals surface area contributed by atoms with Gasteiger partial charge in [-0.1, -0.05) is 12.1 Å². The highest BCUT2D eigenvalue weighted by Gasteiger charge is 2.53. The average Bonchev–Trinajstić information content (AvgIpc) is 3.27. The molecule has 0 spiro atoms. The van der Waals surface area contributed by atoms with Crippen LogP contribution in [-0.4, -0.2) is 46.4 Å². The minimum Gasteiger partial charge on any atom is -0.354 e. The zero-order chi connectivity index (χ0) is 19.0. The molecule has 2 aliphatic rings. The monoisotopic (exact) mass is 384 g/mol. The molecule has 0 saturated carbocycles. The van der Waals surface area contributed by atoms with E-state index >= 15 is 0 Å². The Morgan fingerprint density at radius 3 is 2.93 bits per heavy atom. The van der Waals surface area contributed by atoms with Crippen LogP contribution in [0.2, 0.25) is 0 Å². The first kappa shape index (κ1) is 17.7. The Balaban J connectivity index is 1.52. The van der Waals surface area contributed by atoms with Crippen molar-refractivity contribution in [2.75, 3.05) is 18.0 Å². The maximum atomic E-state index is 13.1. The molecular weight excluding hydrogens is 364 g/mol. The quantitative estimate of drug-likeness (QED) is 0.852. The van der Waals surface area contributed by atoms with E-state index in [0.717, 1.165) is 5.01 Å². The second-order valence-electron chi connectivity index (χ2n) is 6.88. The Labute approximate surface area is 161 Å². The molecule has 1 N–H and O–H groups in total. The molecule has 8 heteroatoms. The Morgan fingerprint density at radius 1 is 1.33 bits per heavy atom. The number of carbonyl (C=O) groups is 3. The Morgan fingerprint density at radius 2 is 2.15 bits per heavy atom. The third-order valence-electron chi connectivity index (χ3n) is 5.19. The standard InChI is InChI=1S/C19H20N4O3S/c1-19-8-6-17(25)23(19)14-5-3-2-4-13(14)18(26)22(19)12-15(24)20-9-7-16-21-10-11-27-16/h2-5,10-11H,6-9,12H2,1H3,(H,20,24). The Hall–Kier alpha value is -2.74. The number of para-hydroxylation sites is 1. The number of nitrogens with zero attached hydrogens (tertiary/aromatic N) is 3. The molecule has 4 rings (SSSR count). The second kappa shape index (κ2) is 6.77. The predicted octanol–water partition coefficient (Wildman–Crippen LogP) is 1.80. The second-order valence-corrected chi connectivity index (χ2v) is 7.86. The molecule has 1 atom stereocenters. The van der Waals surface area contributed by atoms with Crippen LogP contribution in [0.4, 0.5) is 5.69 Å². The zero-order valence-corrected chi connectivity index (χ0v) is 15.8. The van der Waals surface area contributed by atoms with Crippen molar-refractivity contribution in [2.24, 2.45) is 0 Å². The number of anilines is 1. The van der Waals surface area contributed by atoms with Gasteiger partial charge in [0.2, 0.25) is 11.8 Å². The van der Waals surface area contributed by atoms with Crippen molar-refractivity contribution in [2.45, 2.75) is 31.8 Å². The first-order valence-corrected chi connectivity index (χ1v) is 9.78. The van der Waals surface area contributed by atoms with Crippen LogP contribution < -0.4 is 10.2 Å². The van der Waals surface area contributed by atoms with Gasteiger partial charge in [0.25, 0.3) is 5.91 Å². The van der Waals surface area contributed by atoms with E-state index in [0.29, 0.717) is 37.1 Å². The van der Waals surface area contributed by atoms with Crippen molar-refractivity contribution in [3.63, 3.8) is 0 Å². The van der Waals surface area contributed by atoms with Crippen LogP contribution in [0.1, 0.15) is 35.1 Å². The van der Waals surface area contributed by atoms with Crippen LogP contribution in [0.5, 0.6) is 0 Å². The van der Waals surface area contributed by atoms with E-state index in [2.05, 4.69) is 10.3 Å². The summed E-state index contributed by atoms with van der Waals surface area (Å²) in [4.78, 5) is 45.4. The summed E-state index contributed by atoms with van der Waals surface area (Å²) in [5.74, 6) is -0.472. The van der Waals surface area contributed by atoms with Crippen LogP contribution in [0.15, 0.2) is 35.8 Å². The number of benzene rings is 1. The van der Waals surface area contributed by atoms with Crippen LogP contribution in [-0.2, 0) is 16.0 Å². The Kier molecular flexibility index (Phi) is 4.43. The molecule has 1 aromatic carbocycles. The third kappa shape index (κ3) is 2.99. The average molecular weight is 384 g/mol. The minimum absolute atomic E-state index is 0.0216. The van der Waals surface area contributed by atoms with Crippen molar-refractivity contribution >= 4 is 34.7 Å². The number of nitrogens with one attached hydrogen (secondary N) is 1. The van der Waals surface area contributed by atoms with Crippen LogP contribution >= 0.6 is 11.3 Å². The van der Waals surface area contributed by atoms with Gasteiger partial charge in [-0.2, -0.15) is 0 Å². The Bertz CT molecular complexity index is 898. The van der Waals surface area contributed by atoms with Crippen molar-refractivity contribution < 1.29 is 14.4 Å². The number of amides is 3. The number of fused-ring (bicyclic) bond motifs is 3. The van der Waals surface area contributed by atoms with Crippen molar-refractivity contribution in [1.29, 1.82) is 0 Å². The normalized spacial score (nSPS) is 21.2. The molecule has 1 saturated heterocycles. The molecule has 140 valence electrons. The summed E-state index contributed by atoms with van der Waals surface area (Å²) in [5, 5.41) is 5.70. The lowest BCUT2D eigenvalue weighted by Crippen LogP contribution is -2.63. The van der Waals surface area contributed by atoms with Gasteiger partial charge in [0, 0.05) is 31.0 Å². The van der Waals surface area contributed by atoms with Gasteiger partial charge in [0.15, 0.2) is 0 Å². The van der Waals surface area contributed by atoms with E-state index in [4.69, 9.17) is 0 Å². The largest absolute Gasteiger partial charge is 0.354 e. The van der Waals surface area contributed by atoms with Gasteiger partial charge in [-0.25, -0.2) is 4.98 Å². The summed E-state index contributed by atoms with van der Waals surface area (Å²) < 4.78 is 0. The van der Waals surface area contributed by atoms with Gasteiger partial charge in [0.05, 0.1) is 16.3 Å². The highest BCUT2D eigenvalue weighted by molar-refractivity contribution is 7.09. The topological polar surface area (TPSA) is 82.6 Å². The van der Waals surface area contributed by atoms with Gasteiger partial charge < -0.3 is 10.2 Å². The summed E-state index contributed by atoms with van der Waals surface area (Å²) >= 11 is 1.54. The lowest BCUT2D eigenvalue weighted by molar-refractivity contribution is -0.123. The lowest BCUT2D eigenvalue weighted by atomic mass is 9.98. The van der Waals surface area contributed by atoms with Crippen molar-refractivity contribution in [1.82, 2.24) is 15.2 Å². The fourth-order valence-electron chi connectivity index (χ4n) is 3.83. The highest BCUT2D eigenvalue weighted by atomic mass is 32.1. The van der Waals surface area contributed by atoms with Crippen molar-refractivity contribution in [3.05, 3.63) is 46.4 Å². The van der Waals surface area contributed by atoms with Gasteiger partial charge in [-0.15, -0.1) is 11.3 Å². The van der Waals surface area contributed by atoms with Gasteiger partial charge >= 0.3 is 0 Å². The minimum atomic E-state index is -0.810. The molecule has 27 heavy (non-hydrogen) atoms. The molecule has 7 nitrogen and oxygen atoms in total. The summed E-state index contributed by atoms with van der Waals surface area (Å²) in [5.41, 5.74) is 0.281. The lowest BCUT2D eigenvalue weighted by Gasteiger charge is -2.48. The van der Waals surface area contributed by atoms with Crippen LogP contribution in [0.3, 0.4) is 0 Å².